The lowest BCUT2D eigenvalue weighted by Crippen LogP contribution is -2.17. The Bertz CT molecular complexity index is 445. The van der Waals surface area contributed by atoms with E-state index < -0.39 is 0 Å². The third-order valence-electron chi connectivity index (χ3n) is 2.98. The maximum absolute atomic E-state index is 5.06. The van der Waals surface area contributed by atoms with Crippen LogP contribution in [0.3, 0.4) is 0 Å². The third-order valence-corrected chi connectivity index (χ3v) is 2.98. The minimum Gasteiger partial charge on any atom is -0.472 e. The van der Waals surface area contributed by atoms with Gasteiger partial charge >= 0.3 is 0 Å². The summed E-state index contributed by atoms with van der Waals surface area (Å²) in [5.41, 5.74) is 3.60. The molecule has 0 saturated carbocycles. The van der Waals surface area contributed by atoms with E-state index in [4.69, 9.17) is 4.42 Å². The van der Waals surface area contributed by atoms with Crippen molar-refractivity contribution in [2.24, 2.45) is 7.05 Å². The molecule has 0 aliphatic heterocycles. The Labute approximate surface area is 95.3 Å². The highest BCUT2D eigenvalue weighted by Gasteiger charge is 2.08. The molecule has 4 nitrogen and oxygen atoms in total. The van der Waals surface area contributed by atoms with Crippen molar-refractivity contribution in [3.05, 3.63) is 41.6 Å². The van der Waals surface area contributed by atoms with Crippen molar-refractivity contribution in [3.63, 3.8) is 0 Å². The first-order chi connectivity index (χ1) is 7.68. The fourth-order valence-corrected chi connectivity index (χ4v) is 1.62. The van der Waals surface area contributed by atoms with Gasteiger partial charge in [0.1, 0.15) is 0 Å². The first-order valence-electron chi connectivity index (χ1n) is 5.41. The van der Waals surface area contributed by atoms with Gasteiger partial charge < -0.3 is 9.73 Å². The summed E-state index contributed by atoms with van der Waals surface area (Å²) in [5, 5.41) is 7.66. The highest BCUT2D eigenvalue weighted by atomic mass is 16.3. The molecular formula is C12H17N3O. The first-order valence-corrected chi connectivity index (χ1v) is 5.41. The molecule has 2 aromatic heterocycles. The van der Waals surface area contributed by atoms with Crippen LogP contribution >= 0.6 is 0 Å². The lowest BCUT2D eigenvalue weighted by Gasteiger charge is -2.11. The zero-order chi connectivity index (χ0) is 11.5. The molecule has 4 heteroatoms. The minimum absolute atomic E-state index is 0.290. The smallest absolute Gasteiger partial charge is 0.0950 e. The topological polar surface area (TPSA) is 43.0 Å². The maximum atomic E-state index is 5.06. The molecule has 0 saturated heterocycles. The van der Waals surface area contributed by atoms with Crippen LogP contribution in [0.25, 0.3) is 0 Å². The highest BCUT2D eigenvalue weighted by molar-refractivity contribution is 5.17. The number of furan rings is 1. The molecule has 0 bridgehead atoms. The van der Waals surface area contributed by atoms with Crippen molar-refractivity contribution in [3.8, 4) is 0 Å². The summed E-state index contributed by atoms with van der Waals surface area (Å²) in [4.78, 5) is 0. The van der Waals surface area contributed by atoms with E-state index >= 15 is 0 Å². The molecule has 16 heavy (non-hydrogen) atoms. The summed E-state index contributed by atoms with van der Waals surface area (Å²) in [6, 6.07) is 2.27. The maximum Gasteiger partial charge on any atom is 0.0950 e. The number of nitrogens with one attached hydrogen (secondary N) is 1. The van der Waals surface area contributed by atoms with Crippen molar-refractivity contribution in [1.82, 2.24) is 15.1 Å². The van der Waals surface area contributed by atoms with Gasteiger partial charge in [-0.3, -0.25) is 4.68 Å². The Morgan fingerprint density at radius 1 is 1.56 bits per heavy atom. The molecule has 1 unspecified atom stereocenters. The molecular weight excluding hydrogens is 202 g/mol. The van der Waals surface area contributed by atoms with Gasteiger partial charge in [0.05, 0.1) is 18.7 Å². The van der Waals surface area contributed by atoms with E-state index in [1.807, 2.05) is 24.0 Å². The molecule has 0 spiro atoms. The summed E-state index contributed by atoms with van der Waals surface area (Å²) in [7, 11) is 1.96. The average molecular weight is 219 g/mol. The predicted molar refractivity (Wildman–Crippen MR) is 61.9 cm³/mol. The van der Waals surface area contributed by atoms with Crippen LogP contribution in [0.4, 0.5) is 0 Å². The summed E-state index contributed by atoms with van der Waals surface area (Å²) >= 11 is 0. The molecule has 0 aliphatic rings. The number of aromatic nitrogens is 2. The quantitative estimate of drug-likeness (QED) is 0.857. The van der Waals surface area contributed by atoms with E-state index in [-0.39, 0.29) is 0 Å². The lowest BCUT2D eigenvalue weighted by atomic mass is 10.1. The van der Waals surface area contributed by atoms with Gasteiger partial charge in [0.15, 0.2) is 0 Å². The van der Waals surface area contributed by atoms with E-state index in [9.17, 15) is 0 Å². The van der Waals surface area contributed by atoms with Crippen LogP contribution in [-0.2, 0) is 13.6 Å². The molecule has 0 aromatic carbocycles. The van der Waals surface area contributed by atoms with Crippen LogP contribution in [-0.4, -0.2) is 9.78 Å². The van der Waals surface area contributed by atoms with Crippen molar-refractivity contribution in [1.29, 1.82) is 0 Å². The molecule has 86 valence electrons. The molecule has 0 aliphatic carbocycles. The molecule has 2 aromatic rings. The van der Waals surface area contributed by atoms with Gasteiger partial charge in [-0.05, 0) is 19.9 Å². The van der Waals surface area contributed by atoms with Crippen molar-refractivity contribution in [2.75, 3.05) is 0 Å². The van der Waals surface area contributed by atoms with Crippen molar-refractivity contribution < 1.29 is 4.42 Å². The SMILES string of the molecule is Cc1c(CNC(C)c2ccoc2)cnn1C. The molecule has 0 fully saturated rings. The second-order valence-corrected chi connectivity index (χ2v) is 4.04. The number of hydrogen-bond acceptors (Lipinski definition) is 3. The van der Waals surface area contributed by atoms with Crippen LogP contribution in [0.15, 0.2) is 29.2 Å². The lowest BCUT2D eigenvalue weighted by molar-refractivity contribution is 0.537. The Kier molecular flexibility index (Phi) is 3.10. The Morgan fingerprint density at radius 2 is 2.38 bits per heavy atom. The van der Waals surface area contributed by atoms with Crippen LogP contribution in [0.1, 0.15) is 29.8 Å². The molecule has 2 heterocycles. The Balaban J connectivity index is 1.95. The molecule has 2 rings (SSSR count). The van der Waals surface area contributed by atoms with Crippen LogP contribution in [0.2, 0.25) is 0 Å². The molecule has 0 amide bonds. The molecule has 1 N–H and O–H groups in total. The van der Waals surface area contributed by atoms with Gasteiger partial charge in [0, 0.05) is 36.5 Å². The summed E-state index contributed by atoms with van der Waals surface area (Å²) < 4.78 is 6.95. The first kappa shape index (κ1) is 11.0. The second-order valence-electron chi connectivity index (χ2n) is 4.04. The number of rotatable bonds is 4. The minimum atomic E-state index is 0.290. The predicted octanol–water partition coefficient (Wildman–Crippen LogP) is 2.17. The van der Waals surface area contributed by atoms with Crippen molar-refractivity contribution >= 4 is 0 Å². The van der Waals surface area contributed by atoms with Gasteiger partial charge in [-0.25, -0.2) is 0 Å². The van der Waals surface area contributed by atoms with Crippen LogP contribution in [0.5, 0.6) is 0 Å². The van der Waals surface area contributed by atoms with Crippen LogP contribution in [0, 0.1) is 6.92 Å². The Morgan fingerprint density at radius 3 is 2.94 bits per heavy atom. The molecule has 1 atom stereocenters. The molecule has 0 radical (unpaired) electrons. The van der Waals surface area contributed by atoms with E-state index in [1.165, 1.54) is 16.8 Å². The van der Waals surface area contributed by atoms with E-state index in [0.717, 1.165) is 6.54 Å². The average Bonchev–Trinajstić information content (AvgIpc) is 2.89. The van der Waals surface area contributed by atoms with Crippen LogP contribution < -0.4 is 5.32 Å². The van der Waals surface area contributed by atoms with E-state index in [1.54, 1.807) is 12.5 Å². The van der Waals surface area contributed by atoms with Gasteiger partial charge in [0.25, 0.3) is 0 Å². The largest absolute Gasteiger partial charge is 0.472 e. The highest BCUT2D eigenvalue weighted by Crippen LogP contribution is 2.14. The number of aryl methyl sites for hydroxylation is 1. The third kappa shape index (κ3) is 2.17. The van der Waals surface area contributed by atoms with E-state index in [2.05, 4.69) is 24.3 Å². The summed E-state index contributed by atoms with van der Waals surface area (Å²) in [6.07, 6.45) is 5.38. The van der Waals surface area contributed by atoms with Gasteiger partial charge in [0.2, 0.25) is 0 Å². The standard InChI is InChI=1S/C12H17N3O/c1-9(11-4-5-16-8-11)13-6-12-7-14-15(3)10(12)2/h4-5,7-9,13H,6H2,1-3H3. The fourth-order valence-electron chi connectivity index (χ4n) is 1.62. The van der Waals surface area contributed by atoms with Crippen molar-refractivity contribution in [2.45, 2.75) is 26.4 Å². The van der Waals surface area contributed by atoms with Gasteiger partial charge in [-0.2, -0.15) is 5.10 Å². The summed E-state index contributed by atoms with van der Waals surface area (Å²) in [6.45, 7) is 5.02. The monoisotopic (exact) mass is 219 g/mol. The second kappa shape index (κ2) is 4.53. The van der Waals surface area contributed by atoms with Gasteiger partial charge in [-0.15, -0.1) is 0 Å². The normalized spacial score (nSPS) is 12.9. The zero-order valence-corrected chi connectivity index (χ0v) is 9.90. The van der Waals surface area contributed by atoms with E-state index in [0.29, 0.717) is 6.04 Å². The Hall–Kier alpha value is -1.55. The summed E-state index contributed by atoms with van der Waals surface area (Å²) in [5.74, 6) is 0. The zero-order valence-electron chi connectivity index (χ0n) is 9.90. The van der Waals surface area contributed by atoms with Gasteiger partial charge in [-0.1, -0.05) is 0 Å². The fraction of sp³-hybridized carbons (Fsp3) is 0.417. The number of nitrogens with zero attached hydrogens (tertiary/aromatic N) is 2. The number of hydrogen-bond donors (Lipinski definition) is 1.